The molecule has 7 heteroatoms. The molecule has 3 rings (SSSR count). The van der Waals surface area contributed by atoms with E-state index in [9.17, 15) is 9.90 Å². The van der Waals surface area contributed by atoms with Crippen LogP contribution in [0, 0.1) is 5.92 Å². The van der Waals surface area contributed by atoms with Crippen LogP contribution in [0.15, 0.2) is 0 Å². The van der Waals surface area contributed by atoms with Gasteiger partial charge < -0.3 is 21.5 Å². The molecule has 1 aromatic rings. The summed E-state index contributed by atoms with van der Waals surface area (Å²) in [6, 6.07) is 0.472. The molecule has 2 unspecified atom stereocenters. The molecule has 0 aliphatic heterocycles. The van der Waals surface area contributed by atoms with Crippen molar-refractivity contribution in [1.29, 1.82) is 0 Å². The number of amides is 1. The normalized spacial score (nSPS) is 25.6. The average molecular weight is 310 g/mol. The number of aliphatic hydroxyl groups is 1. The Labute approximate surface area is 128 Å². The van der Waals surface area contributed by atoms with Gasteiger partial charge in [0.15, 0.2) is 5.13 Å². The zero-order chi connectivity index (χ0) is 14.8. The van der Waals surface area contributed by atoms with E-state index in [1.54, 1.807) is 0 Å². The minimum Gasteiger partial charge on any atom is -0.393 e. The summed E-state index contributed by atoms with van der Waals surface area (Å²) >= 11 is 1.31. The third-order valence-electron chi connectivity index (χ3n) is 4.44. The Hall–Kier alpha value is -1.34. The first kappa shape index (κ1) is 14.6. The molecule has 1 heterocycles. The Morgan fingerprint density at radius 3 is 2.71 bits per heavy atom. The van der Waals surface area contributed by atoms with Crippen molar-refractivity contribution in [2.45, 2.75) is 50.7 Å². The topological polar surface area (TPSA) is 100 Å². The predicted molar refractivity (Wildman–Crippen MR) is 83.5 cm³/mol. The number of aliphatic hydroxyl groups excluding tert-OH is 1. The van der Waals surface area contributed by atoms with Gasteiger partial charge in [-0.05, 0) is 32.1 Å². The number of hydrogen-bond acceptors (Lipinski definition) is 6. The molecule has 21 heavy (non-hydrogen) atoms. The number of nitrogens with two attached hydrogens (primary N) is 1. The molecule has 0 saturated heterocycles. The molecule has 0 aromatic carbocycles. The van der Waals surface area contributed by atoms with E-state index in [1.165, 1.54) is 17.8 Å². The van der Waals surface area contributed by atoms with Crippen molar-refractivity contribution >= 4 is 28.2 Å². The highest BCUT2D eigenvalue weighted by Crippen LogP contribution is 2.30. The van der Waals surface area contributed by atoms with Crippen LogP contribution < -0.4 is 16.4 Å². The van der Waals surface area contributed by atoms with E-state index in [0.717, 1.165) is 37.2 Å². The maximum Gasteiger partial charge on any atom is 0.265 e. The van der Waals surface area contributed by atoms with Gasteiger partial charge in [-0.15, -0.1) is 0 Å². The fourth-order valence-electron chi connectivity index (χ4n) is 2.84. The van der Waals surface area contributed by atoms with Crippen molar-refractivity contribution in [1.82, 2.24) is 10.3 Å². The molecule has 116 valence electrons. The van der Waals surface area contributed by atoms with Crippen LogP contribution >= 0.6 is 11.3 Å². The summed E-state index contributed by atoms with van der Waals surface area (Å²) in [6.07, 6.45) is 6.09. The highest BCUT2D eigenvalue weighted by Gasteiger charge is 2.26. The van der Waals surface area contributed by atoms with Gasteiger partial charge in [0.25, 0.3) is 5.91 Å². The van der Waals surface area contributed by atoms with Crippen LogP contribution in [0.2, 0.25) is 0 Å². The van der Waals surface area contributed by atoms with Crippen molar-refractivity contribution in [2.24, 2.45) is 5.92 Å². The zero-order valence-electron chi connectivity index (χ0n) is 12.0. The lowest BCUT2D eigenvalue weighted by Gasteiger charge is -2.25. The number of anilines is 2. The number of carbonyl (C=O) groups excluding carboxylic acids is 1. The zero-order valence-corrected chi connectivity index (χ0v) is 12.8. The molecule has 2 saturated carbocycles. The molecule has 2 aliphatic carbocycles. The van der Waals surface area contributed by atoms with E-state index >= 15 is 0 Å². The highest BCUT2D eigenvalue weighted by molar-refractivity contribution is 7.18. The molecule has 2 aliphatic rings. The first-order valence-corrected chi connectivity index (χ1v) is 8.44. The molecule has 5 N–H and O–H groups in total. The quantitative estimate of drug-likeness (QED) is 0.661. The Kier molecular flexibility index (Phi) is 4.30. The van der Waals surface area contributed by atoms with Crippen LogP contribution in [-0.2, 0) is 0 Å². The smallest absolute Gasteiger partial charge is 0.265 e. The fourth-order valence-corrected chi connectivity index (χ4v) is 3.72. The Bertz CT molecular complexity index is 515. The molecule has 6 nitrogen and oxygen atoms in total. The summed E-state index contributed by atoms with van der Waals surface area (Å²) in [5.74, 6) is 0.257. The van der Waals surface area contributed by atoms with Crippen LogP contribution in [0.5, 0.6) is 0 Å². The highest BCUT2D eigenvalue weighted by atomic mass is 32.1. The number of nitrogens with one attached hydrogen (secondary N) is 2. The lowest BCUT2D eigenvalue weighted by Crippen LogP contribution is -2.32. The molecular weight excluding hydrogens is 288 g/mol. The molecule has 1 amide bonds. The van der Waals surface area contributed by atoms with Crippen LogP contribution in [0.3, 0.4) is 0 Å². The SMILES string of the molecule is Nc1nc(NC2CCC2)sc1C(=O)NCC1CCCC1O. The van der Waals surface area contributed by atoms with Gasteiger partial charge >= 0.3 is 0 Å². The monoisotopic (exact) mass is 310 g/mol. The van der Waals surface area contributed by atoms with Crippen molar-refractivity contribution < 1.29 is 9.90 Å². The number of thiazole rings is 1. The maximum absolute atomic E-state index is 12.2. The largest absolute Gasteiger partial charge is 0.393 e. The van der Waals surface area contributed by atoms with E-state index in [1.807, 2.05) is 0 Å². The lowest BCUT2D eigenvalue weighted by molar-refractivity contribution is 0.0921. The van der Waals surface area contributed by atoms with E-state index in [4.69, 9.17) is 5.73 Å². The van der Waals surface area contributed by atoms with Gasteiger partial charge in [-0.25, -0.2) is 4.98 Å². The van der Waals surface area contributed by atoms with Gasteiger partial charge in [-0.1, -0.05) is 17.8 Å². The van der Waals surface area contributed by atoms with E-state index < -0.39 is 0 Å². The summed E-state index contributed by atoms with van der Waals surface area (Å²) in [4.78, 5) is 16.9. The summed E-state index contributed by atoms with van der Waals surface area (Å²) in [5, 5.41) is 16.7. The number of hydrogen-bond donors (Lipinski definition) is 4. The summed E-state index contributed by atoms with van der Waals surface area (Å²) < 4.78 is 0. The van der Waals surface area contributed by atoms with Crippen molar-refractivity contribution in [3.05, 3.63) is 4.88 Å². The first-order valence-electron chi connectivity index (χ1n) is 7.62. The summed E-state index contributed by atoms with van der Waals surface area (Å²) in [7, 11) is 0. The van der Waals surface area contributed by atoms with Gasteiger partial charge in [-0.2, -0.15) is 0 Å². The van der Waals surface area contributed by atoms with Crippen LogP contribution in [-0.4, -0.2) is 34.7 Å². The molecule has 2 fully saturated rings. The number of nitrogen functional groups attached to an aromatic ring is 1. The molecule has 2 atom stereocenters. The fraction of sp³-hybridized carbons (Fsp3) is 0.714. The second-order valence-electron chi connectivity index (χ2n) is 5.97. The maximum atomic E-state index is 12.2. The molecule has 0 spiro atoms. The van der Waals surface area contributed by atoms with E-state index in [2.05, 4.69) is 15.6 Å². The second kappa shape index (κ2) is 6.19. The van der Waals surface area contributed by atoms with E-state index in [-0.39, 0.29) is 23.7 Å². The second-order valence-corrected chi connectivity index (χ2v) is 6.97. The van der Waals surface area contributed by atoms with Crippen LogP contribution in [0.4, 0.5) is 10.9 Å². The minimum absolute atomic E-state index is 0.163. The Morgan fingerprint density at radius 1 is 1.33 bits per heavy atom. The number of carbonyl (C=O) groups is 1. The third kappa shape index (κ3) is 3.29. The third-order valence-corrected chi connectivity index (χ3v) is 5.44. The van der Waals surface area contributed by atoms with Crippen molar-refractivity contribution in [3.8, 4) is 0 Å². The van der Waals surface area contributed by atoms with Crippen molar-refractivity contribution in [2.75, 3.05) is 17.6 Å². The van der Waals surface area contributed by atoms with Gasteiger partial charge in [-0.3, -0.25) is 4.79 Å². The average Bonchev–Trinajstić information content (AvgIpc) is 2.97. The predicted octanol–water partition coefficient (Wildman–Crippen LogP) is 1.58. The van der Waals surface area contributed by atoms with E-state index in [0.29, 0.717) is 17.5 Å². The minimum atomic E-state index is -0.292. The lowest BCUT2D eigenvalue weighted by atomic mass is 9.93. The Balaban J connectivity index is 1.56. The molecular formula is C14H22N4O2S. The Morgan fingerprint density at radius 2 is 2.10 bits per heavy atom. The first-order chi connectivity index (χ1) is 10.1. The van der Waals surface area contributed by atoms with Gasteiger partial charge in [0.1, 0.15) is 10.7 Å². The van der Waals surface area contributed by atoms with Crippen LogP contribution in [0.25, 0.3) is 0 Å². The molecule has 0 radical (unpaired) electrons. The summed E-state index contributed by atoms with van der Waals surface area (Å²) in [6.45, 7) is 0.503. The number of rotatable bonds is 5. The van der Waals surface area contributed by atoms with Gasteiger partial charge in [0.2, 0.25) is 0 Å². The van der Waals surface area contributed by atoms with Crippen molar-refractivity contribution in [3.63, 3.8) is 0 Å². The number of nitrogens with zero attached hydrogens (tertiary/aromatic N) is 1. The number of aromatic nitrogens is 1. The van der Waals surface area contributed by atoms with Crippen LogP contribution in [0.1, 0.15) is 48.2 Å². The van der Waals surface area contributed by atoms with Gasteiger partial charge in [0, 0.05) is 18.5 Å². The summed E-state index contributed by atoms with van der Waals surface area (Å²) in [5.41, 5.74) is 5.84. The standard InChI is InChI=1S/C14H22N4O2S/c15-12-11(21-14(18-12)17-9-4-2-5-9)13(20)16-7-8-3-1-6-10(8)19/h8-10,19H,1-7,15H2,(H,16,20)(H,17,18). The molecule has 0 bridgehead atoms. The molecule has 1 aromatic heterocycles. The van der Waals surface area contributed by atoms with Gasteiger partial charge in [0.05, 0.1) is 6.10 Å².